The van der Waals surface area contributed by atoms with Gasteiger partial charge in [0.25, 0.3) is 0 Å². The van der Waals surface area contributed by atoms with E-state index in [1.165, 1.54) is 24.3 Å². The molecular formula is C21H22N4OS. The molecule has 0 unspecified atom stereocenters. The van der Waals surface area contributed by atoms with Crippen LogP contribution in [0.2, 0.25) is 0 Å². The van der Waals surface area contributed by atoms with Crippen LogP contribution in [0.1, 0.15) is 29.8 Å². The van der Waals surface area contributed by atoms with Crippen LogP contribution >= 0.6 is 11.3 Å². The van der Waals surface area contributed by atoms with Crippen molar-refractivity contribution in [3.63, 3.8) is 0 Å². The monoisotopic (exact) mass is 378 g/mol. The summed E-state index contributed by atoms with van der Waals surface area (Å²) in [6.07, 6.45) is 11.5. The number of nitrogens with zero attached hydrogens (tertiary/aromatic N) is 4. The molecule has 1 aliphatic rings. The third-order valence-electron chi connectivity index (χ3n) is 4.75. The minimum atomic E-state index is 0.196. The fourth-order valence-corrected chi connectivity index (χ4v) is 4.42. The number of carbonyl (C=O) groups excluding carboxylic acids is 1. The maximum absolute atomic E-state index is 12.5. The van der Waals surface area contributed by atoms with E-state index >= 15 is 0 Å². The Morgan fingerprint density at radius 2 is 1.85 bits per heavy atom. The predicted molar refractivity (Wildman–Crippen MR) is 108 cm³/mol. The second kappa shape index (κ2) is 8.39. The molecule has 0 aliphatic carbocycles. The summed E-state index contributed by atoms with van der Waals surface area (Å²) in [7, 11) is 0. The molecule has 6 heteroatoms. The molecule has 0 spiro atoms. The molecule has 1 saturated heterocycles. The van der Waals surface area contributed by atoms with Crippen molar-refractivity contribution in [2.24, 2.45) is 0 Å². The number of carbonyl (C=O) groups is 1. The van der Waals surface area contributed by atoms with Gasteiger partial charge in [-0.25, -0.2) is 0 Å². The average Bonchev–Trinajstić information content (AvgIpc) is 3.18. The van der Waals surface area contributed by atoms with Gasteiger partial charge in [-0.05, 0) is 43.5 Å². The molecule has 0 atom stereocenters. The highest BCUT2D eigenvalue weighted by Crippen LogP contribution is 2.29. The lowest BCUT2D eigenvalue weighted by Crippen LogP contribution is -2.28. The lowest BCUT2D eigenvalue weighted by Gasteiger charge is -2.27. The molecule has 0 bridgehead atoms. The van der Waals surface area contributed by atoms with Gasteiger partial charge in [-0.2, -0.15) is 0 Å². The van der Waals surface area contributed by atoms with E-state index in [0.29, 0.717) is 12.8 Å². The fraction of sp³-hybridized carbons (Fsp3) is 0.333. The second-order valence-electron chi connectivity index (χ2n) is 6.81. The van der Waals surface area contributed by atoms with Crippen LogP contribution in [0.15, 0.2) is 49.1 Å². The highest BCUT2D eigenvalue weighted by molar-refractivity contribution is 7.16. The first-order valence-corrected chi connectivity index (χ1v) is 10.2. The molecule has 0 amide bonds. The summed E-state index contributed by atoms with van der Waals surface area (Å²) in [6.45, 7) is 2.27. The number of rotatable bonds is 6. The van der Waals surface area contributed by atoms with Crippen molar-refractivity contribution >= 4 is 22.1 Å². The van der Waals surface area contributed by atoms with E-state index in [4.69, 9.17) is 0 Å². The van der Waals surface area contributed by atoms with Gasteiger partial charge >= 0.3 is 0 Å². The van der Waals surface area contributed by atoms with Crippen LogP contribution in [0, 0.1) is 0 Å². The quantitative estimate of drug-likeness (QED) is 0.650. The van der Waals surface area contributed by atoms with Crippen molar-refractivity contribution in [2.45, 2.75) is 32.1 Å². The Hall–Kier alpha value is -2.60. The number of Topliss-reactive ketones (excluding diaryl/α,β-unsaturated/α-hetero) is 1. The molecule has 0 aromatic carbocycles. The molecule has 1 aliphatic heterocycles. The van der Waals surface area contributed by atoms with Crippen molar-refractivity contribution in [1.29, 1.82) is 0 Å². The number of hydrogen-bond donors (Lipinski definition) is 0. The van der Waals surface area contributed by atoms with E-state index in [0.717, 1.165) is 34.9 Å². The van der Waals surface area contributed by atoms with E-state index < -0.39 is 0 Å². The van der Waals surface area contributed by atoms with Crippen LogP contribution in [-0.4, -0.2) is 33.8 Å². The summed E-state index contributed by atoms with van der Waals surface area (Å²) in [6, 6.07) is 8.10. The van der Waals surface area contributed by atoms with Crippen molar-refractivity contribution in [2.75, 3.05) is 18.0 Å². The van der Waals surface area contributed by atoms with Crippen LogP contribution in [0.3, 0.4) is 0 Å². The molecule has 4 rings (SSSR count). The summed E-state index contributed by atoms with van der Waals surface area (Å²) < 4.78 is 0. The zero-order chi connectivity index (χ0) is 18.5. The Balaban J connectivity index is 1.35. The Labute approximate surface area is 163 Å². The molecule has 0 saturated carbocycles. The van der Waals surface area contributed by atoms with Crippen molar-refractivity contribution in [1.82, 2.24) is 15.0 Å². The minimum Gasteiger partial charge on any atom is -0.363 e. The topological polar surface area (TPSA) is 59.0 Å². The van der Waals surface area contributed by atoms with E-state index in [1.807, 2.05) is 12.1 Å². The summed E-state index contributed by atoms with van der Waals surface area (Å²) in [5.74, 6) is 0.196. The van der Waals surface area contributed by atoms with Gasteiger partial charge < -0.3 is 4.90 Å². The molecule has 3 aromatic rings. The number of thiophene rings is 1. The Morgan fingerprint density at radius 3 is 2.59 bits per heavy atom. The van der Waals surface area contributed by atoms with Gasteiger partial charge in [0.1, 0.15) is 5.78 Å². The van der Waals surface area contributed by atoms with Crippen molar-refractivity contribution < 1.29 is 4.79 Å². The smallest absolute Gasteiger partial charge is 0.144 e. The summed E-state index contributed by atoms with van der Waals surface area (Å²) >= 11 is 1.75. The normalized spacial score (nSPS) is 14.3. The van der Waals surface area contributed by atoms with Gasteiger partial charge in [0.15, 0.2) is 0 Å². The first kappa shape index (κ1) is 17.8. The molecule has 0 radical (unpaired) electrons. The van der Waals surface area contributed by atoms with Gasteiger partial charge in [0.2, 0.25) is 0 Å². The number of piperidine rings is 1. The van der Waals surface area contributed by atoms with E-state index in [2.05, 4.69) is 32.0 Å². The molecule has 5 nitrogen and oxygen atoms in total. The molecule has 27 heavy (non-hydrogen) atoms. The Morgan fingerprint density at radius 1 is 0.963 bits per heavy atom. The van der Waals surface area contributed by atoms with Crippen LogP contribution < -0.4 is 4.90 Å². The largest absolute Gasteiger partial charge is 0.363 e. The average molecular weight is 379 g/mol. The van der Waals surface area contributed by atoms with E-state index in [9.17, 15) is 4.79 Å². The first-order valence-electron chi connectivity index (χ1n) is 9.34. The minimum absolute atomic E-state index is 0.196. The van der Waals surface area contributed by atoms with Gasteiger partial charge in [-0.1, -0.05) is 0 Å². The fourth-order valence-electron chi connectivity index (χ4n) is 3.33. The molecular weight excluding hydrogens is 356 g/mol. The zero-order valence-corrected chi connectivity index (χ0v) is 16.0. The van der Waals surface area contributed by atoms with Gasteiger partial charge in [0.05, 0.1) is 16.9 Å². The van der Waals surface area contributed by atoms with Crippen LogP contribution in [-0.2, 0) is 17.6 Å². The van der Waals surface area contributed by atoms with Crippen LogP contribution in [0.25, 0.3) is 11.3 Å². The third kappa shape index (κ3) is 4.57. The maximum atomic E-state index is 12.5. The summed E-state index contributed by atoms with van der Waals surface area (Å²) in [4.78, 5) is 28.8. The lowest BCUT2D eigenvalue weighted by atomic mass is 10.1. The van der Waals surface area contributed by atoms with Gasteiger partial charge in [-0.15, -0.1) is 11.3 Å². The predicted octanol–water partition coefficient (Wildman–Crippen LogP) is 3.94. The van der Waals surface area contributed by atoms with Gasteiger partial charge in [-0.3, -0.25) is 19.7 Å². The Bertz CT molecular complexity index is 886. The Kier molecular flexibility index (Phi) is 5.53. The highest BCUT2D eigenvalue weighted by atomic mass is 32.1. The van der Waals surface area contributed by atoms with Crippen molar-refractivity contribution in [3.8, 4) is 11.3 Å². The molecule has 0 N–H and O–H groups in total. The molecule has 1 fully saturated rings. The van der Waals surface area contributed by atoms with E-state index in [1.54, 1.807) is 36.1 Å². The maximum Gasteiger partial charge on any atom is 0.144 e. The van der Waals surface area contributed by atoms with Crippen LogP contribution in [0.4, 0.5) is 5.00 Å². The standard InChI is InChI=1S/C21H22N4OS/c26-18(13-19-6-7-21(27-19)25-10-2-1-3-11-25)12-17-5-4-16(14-24-17)20-15-22-8-9-23-20/h4-9,14-15H,1-3,10-13H2. The second-order valence-corrected chi connectivity index (χ2v) is 7.96. The summed E-state index contributed by atoms with van der Waals surface area (Å²) in [5.41, 5.74) is 2.48. The van der Waals surface area contributed by atoms with Gasteiger partial charge in [0, 0.05) is 60.7 Å². The SMILES string of the molecule is O=C(Cc1ccc(-c2cnccn2)cn1)Cc1ccc(N2CCCCC2)s1. The molecule has 4 heterocycles. The molecule has 3 aromatic heterocycles. The van der Waals surface area contributed by atoms with Crippen molar-refractivity contribution in [3.05, 3.63) is 59.6 Å². The lowest BCUT2D eigenvalue weighted by molar-refractivity contribution is -0.117. The summed E-state index contributed by atoms with van der Waals surface area (Å²) in [5, 5.41) is 1.30. The first-order chi connectivity index (χ1) is 13.3. The number of pyridine rings is 1. The number of ketones is 1. The number of aromatic nitrogens is 3. The molecule has 138 valence electrons. The number of hydrogen-bond acceptors (Lipinski definition) is 6. The number of anilines is 1. The van der Waals surface area contributed by atoms with Crippen LogP contribution in [0.5, 0.6) is 0 Å². The van der Waals surface area contributed by atoms with E-state index in [-0.39, 0.29) is 5.78 Å². The highest BCUT2D eigenvalue weighted by Gasteiger charge is 2.14. The zero-order valence-electron chi connectivity index (χ0n) is 15.2. The third-order valence-corrected chi connectivity index (χ3v) is 5.89.